The van der Waals surface area contributed by atoms with Crippen LogP contribution in [0.5, 0.6) is 0 Å². The first-order valence-corrected chi connectivity index (χ1v) is 7.62. The fourth-order valence-electron chi connectivity index (χ4n) is 1.36. The summed E-state index contributed by atoms with van der Waals surface area (Å²) in [6.45, 7) is 1.06. The van der Waals surface area contributed by atoms with E-state index in [9.17, 15) is 13.2 Å². The summed E-state index contributed by atoms with van der Waals surface area (Å²) in [7, 11) is -1.62. The van der Waals surface area contributed by atoms with Crippen LogP contribution in [0.3, 0.4) is 0 Å². The summed E-state index contributed by atoms with van der Waals surface area (Å²) < 4.78 is 27.3. The molecule has 0 unspecified atom stereocenters. The highest BCUT2D eigenvalue weighted by molar-refractivity contribution is 7.90. The van der Waals surface area contributed by atoms with Gasteiger partial charge in [-0.3, -0.25) is 4.79 Å². The highest BCUT2D eigenvalue weighted by Crippen LogP contribution is 2.13. The lowest BCUT2D eigenvalue weighted by Crippen LogP contribution is -2.32. The molecule has 0 bridgehead atoms. The Balaban J connectivity index is 2.44. The van der Waals surface area contributed by atoms with E-state index in [0.29, 0.717) is 18.8 Å². The van der Waals surface area contributed by atoms with Crippen LogP contribution in [0.25, 0.3) is 0 Å². The van der Waals surface area contributed by atoms with E-state index in [4.69, 9.17) is 4.74 Å². The largest absolute Gasteiger partial charge is 0.383 e. The molecule has 0 spiro atoms. The molecule has 0 aliphatic carbocycles. The third kappa shape index (κ3) is 5.71. The molecule has 106 valence electrons. The molecule has 0 aromatic heterocycles. The zero-order valence-electron chi connectivity index (χ0n) is 11.0. The van der Waals surface area contributed by atoms with E-state index in [-0.39, 0.29) is 17.3 Å². The van der Waals surface area contributed by atoms with Gasteiger partial charge in [0, 0.05) is 25.6 Å². The number of rotatable bonds is 7. The lowest BCUT2D eigenvalue weighted by molar-refractivity contribution is -0.119. The van der Waals surface area contributed by atoms with Gasteiger partial charge in [0.2, 0.25) is 5.91 Å². The van der Waals surface area contributed by atoms with Crippen molar-refractivity contribution < 1.29 is 17.9 Å². The Morgan fingerprint density at radius 3 is 2.42 bits per heavy atom. The van der Waals surface area contributed by atoms with E-state index in [1.807, 2.05) is 0 Å². The Labute approximate surface area is 113 Å². The minimum atomic E-state index is -3.19. The number of sulfone groups is 1. The van der Waals surface area contributed by atoms with E-state index in [1.165, 1.54) is 12.1 Å². The second kappa shape index (κ2) is 7.10. The van der Waals surface area contributed by atoms with Gasteiger partial charge in [-0.1, -0.05) is 0 Å². The van der Waals surface area contributed by atoms with Crippen LogP contribution >= 0.6 is 0 Å². The lowest BCUT2D eigenvalue weighted by atomic mass is 10.3. The van der Waals surface area contributed by atoms with E-state index < -0.39 is 9.84 Å². The molecular weight excluding hydrogens is 268 g/mol. The van der Waals surface area contributed by atoms with Crippen LogP contribution < -0.4 is 10.6 Å². The molecule has 0 radical (unpaired) electrons. The number of hydrogen-bond acceptors (Lipinski definition) is 5. The SMILES string of the molecule is COCCNC(=O)CNc1ccc(S(C)(=O)=O)cc1. The average molecular weight is 286 g/mol. The van der Waals surface area contributed by atoms with Crippen molar-refractivity contribution >= 4 is 21.4 Å². The average Bonchev–Trinajstić information content (AvgIpc) is 2.36. The third-order valence-corrected chi connectivity index (χ3v) is 3.49. The van der Waals surface area contributed by atoms with Gasteiger partial charge in [-0.15, -0.1) is 0 Å². The number of amides is 1. The zero-order valence-corrected chi connectivity index (χ0v) is 11.8. The fourth-order valence-corrected chi connectivity index (χ4v) is 1.99. The molecule has 19 heavy (non-hydrogen) atoms. The van der Waals surface area contributed by atoms with Gasteiger partial charge in [0.05, 0.1) is 18.0 Å². The molecule has 6 nitrogen and oxygen atoms in total. The van der Waals surface area contributed by atoms with E-state index >= 15 is 0 Å². The molecule has 0 saturated heterocycles. The van der Waals surface area contributed by atoms with Crippen molar-refractivity contribution in [2.45, 2.75) is 4.90 Å². The highest BCUT2D eigenvalue weighted by Gasteiger charge is 2.06. The first-order valence-electron chi connectivity index (χ1n) is 5.73. The summed E-state index contributed by atoms with van der Waals surface area (Å²) in [5, 5.41) is 5.57. The van der Waals surface area contributed by atoms with Gasteiger partial charge < -0.3 is 15.4 Å². The molecule has 7 heteroatoms. The van der Waals surface area contributed by atoms with Crippen LogP contribution in [0, 0.1) is 0 Å². The van der Waals surface area contributed by atoms with Crippen molar-refractivity contribution in [3.63, 3.8) is 0 Å². The Bertz CT molecular complexity index is 511. The fraction of sp³-hybridized carbons (Fsp3) is 0.417. The zero-order chi connectivity index (χ0) is 14.3. The van der Waals surface area contributed by atoms with Gasteiger partial charge in [-0.25, -0.2) is 8.42 Å². The first-order chi connectivity index (χ1) is 8.93. The van der Waals surface area contributed by atoms with Crippen LogP contribution in [0.4, 0.5) is 5.69 Å². The number of methoxy groups -OCH3 is 1. The van der Waals surface area contributed by atoms with Gasteiger partial charge in [0.15, 0.2) is 9.84 Å². The van der Waals surface area contributed by atoms with Crippen molar-refractivity contribution in [2.24, 2.45) is 0 Å². The summed E-state index contributed by atoms with van der Waals surface area (Å²) in [5.41, 5.74) is 0.689. The Kier molecular flexibility index (Phi) is 5.78. The molecule has 1 aromatic rings. The monoisotopic (exact) mass is 286 g/mol. The third-order valence-electron chi connectivity index (χ3n) is 2.36. The van der Waals surface area contributed by atoms with Gasteiger partial charge in [-0.05, 0) is 24.3 Å². The lowest BCUT2D eigenvalue weighted by Gasteiger charge is -2.08. The Morgan fingerprint density at radius 2 is 1.89 bits per heavy atom. The van der Waals surface area contributed by atoms with Crippen LogP contribution in [0.15, 0.2) is 29.2 Å². The molecule has 1 rings (SSSR count). The minimum absolute atomic E-state index is 0.127. The van der Waals surface area contributed by atoms with Gasteiger partial charge in [-0.2, -0.15) is 0 Å². The molecule has 1 aromatic carbocycles. The van der Waals surface area contributed by atoms with Gasteiger partial charge in [0.1, 0.15) is 0 Å². The summed E-state index contributed by atoms with van der Waals surface area (Å²) in [6.07, 6.45) is 1.15. The quantitative estimate of drug-likeness (QED) is 0.703. The Hall–Kier alpha value is -1.60. The second-order valence-electron chi connectivity index (χ2n) is 3.99. The van der Waals surface area contributed by atoms with Crippen molar-refractivity contribution in [2.75, 3.05) is 38.4 Å². The van der Waals surface area contributed by atoms with Crippen molar-refractivity contribution in [3.05, 3.63) is 24.3 Å². The topological polar surface area (TPSA) is 84.5 Å². The van der Waals surface area contributed by atoms with Crippen LogP contribution in [0.1, 0.15) is 0 Å². The van der Waals surface area contributed by atoms with Crippen molar-refractivity contribution in [1.29, 1.82) is 0 Å². The summed E-state index contributed by atoms with van der Waals surface area (Å²) >= 11 is 0. The van der Waals surface area contributed by atoms with Crippen LogP contribution in [-0.4, -0.2) is 47.4 Å². The normalized spacial score (nSPS) is 11.1. The molecule has 1 amide bonds. The smallest absolute Gasteiger partial charge is 0.239 e. The molecule has 2 N–H and O–H groups in total. The molecule has 0 heterocycles. The number of carbonyl (C=O) groups excluding carboxylic acids is 1. The molecule has 0 aliphatic rings. The second-order valence-corrected chi connectivity index (χ2v) is 6.01. The van der Waals surface area contributed by atoms with E-state index in [1.54, 1.807) is 19.2 Å². The highest BCUT2D eigenvalue weighted by atomic mass is 32.2. The molecule has 0 fully saturated rings. The predicted molar refractivity (Wildman–Crippen MR) is 72.9 cm³/mol. The summed E-state index contributed by atoms with van der Waals surface area (Å²) in [4.78, 5) is 11.6. The maximum absolute atomic E-state index is 11.4. The number of ether oxygens (including phenoxy) is 1. The maximum atomic E-state index is 11.4. The minimum Gasteiger partial charge on any atom is -0.383 e. The van der Waals surface area contributed by atoms with Crippen molar-refractivity contribution in [3.8, 4) is 0 Å². The molecule has 0 saturated carbocycles. The van der Waals surface area contributed by atoms with Gasteiger partial charge in [0.25, 0.3) is 0 Å². The van der Waals surface area contributed by atoms with Crippen LogP contribution in [0.2, 0.25) is 0 Å². The van der Waals surface area contributed by atoms with E-state index in [0.717, 1.165) is 6.26 Å². The number of nitrogens with one attached hydrogen (secondary N) is 2. The number of hydrogen-bond donors (Lipinski definition) is 2. The van der Waals surface area contributed by atoms with E-state index in [2.05, 4.69) is 10.6 Å². The molecular formula is C12H18N2O4S. The number of anilines is 1. The molecule has 0 aliphatic heterocycles. The van der Waals surface area contributed by atoms with Gasteiger partial charge >= 0.3 is 0 Å². The van der Waals surface area contributed by atoms with Crippen LogP contribution in [-0.2, 0) is 19.4 Å². The summed E-state index contributed by atoms with van der Waals surface area (Å²) in [5.74, 6) is -0.149. The number of benzene rings is 1. The Morgan fingerprint density at radius 1 is 1.26 bits per heavy atom. The summed E-state index contributed by atoms with van der Waals surface area (Å²) in [6, 6.07) is 6.25. The first kappa shape index (κ1) is 15.5. The maximum Gasteiger partial charge on any atom is 0.239 e. The van der Waals surface area contributed by atoms with Crippen molar-refractivity contribution in [1.82, 2.24) is 5.32 Å². The number of carbonyl (C=O) groups is 1. The molecule has 0 atom stereocenters. The predicted octanol–water partition coefficient (Wildman–Crippen LogP) is 0.265. The standard InChI is InChI=1S/C12H18N2O4S/c1-18-8-7-13-12(15)9-14-10-3-5-11(6-4-10)19(2,16)17/h3-6,14H,7-9H2,1-2H3,(H,13,15).